The van der Waals surface area contributed by atoms with E-state index >= 15 is 0 Å². The summed E-state index contributed by atoms with van der Waals surface area (Å²) in [4.78, 5) is 12.4. The van der Waals surface area contributed by atoms with E-state index in [1.165, 1.54) is 24.3 Å². The van der Waals surface area contributed by atoms with Gasteiger partial charge in [-0.05, 0) is 31.0 Å². The van der Waals surface area contributed by atoms with Crippen LogP contribution in [0.15, 0.2) is 24.3 Å². The summed E-state index contributed by atoms with van der Waals surface area (Å²) in [6.07, 6.45) is 1.51. The molecule has 0 unspecified atom stereocenters. The van der Waals surface area contributed by atoms with Crippen molar-refractivity contribution >= 4 is 11.7 Å². The fraction of sp³-hybridized carbons (Fsp3) is 0.375. The third kappa shape index (κ3) is 3.85. The molecule has 0 radical (unpaired) electrons. The van der Waals surface area contributed by atoms with E-state index in [1.54, 1.807) is 11.7 Å². The van der Waals surface area contributed by atoms with Crippen molar-refractivity contribution in [3.8, 4) is 5.75 Å². The maximum absolute atomic E-state index is 12.4. The van der Waals surface area contributed by atoms with Crippen molar-refractivity contribution in [3.05, 3.63) is 41.1 Å². The Hall–Kier alpha value is -2.44. The van der Waals surface area contributed by atoms with Gasteiger partial charge in [-0.15, -0.1) is 0 Å². The number of halogens is 2. The first kappa shape index (κ1) is 16.9. The number of ether oxygens (including phenoxy) is 1. The van der Waals surface area contributed by atoms with Crippen LogP contribution in [0, 0.1) is 0 Å². The molecule has 0 atom stereocenters. The number of anilines is 1. The average molecular weight is 323 g/mol. The van der Waals surface area contributed by atoms with Gasteiger partial charge in [0.05, 0.1) is 5.69 Å². The van der Waals surface area contributed by atoms with Crippen LogP contribution in [-0.4, -0.2) is 22.3 Å². The van der Waals surface area contributed by atoms with E-state index in [0.29, 0.717) is 5.82 Å². The lowest BCUT2D eigenvalue weighted by Gasteiger charge is -2.09. The molecule has 0 bridgehead atoms. The molecule has 0 aliphatic rings. The van der Waals surface area contributed by atoms with Crippen molar-refractivity contribution in [1.29, 1.82) is 0 Å². The molecule has 2 aromatic rings. The SMILES string of the molecule is CCc1nn(C)c(NC(=O)c2cccc(OC(F)F)c2)c1CC. The Morgan fingerprint density at radius 3 is 2.70 bits per heavy atom. The number of carbonyl (C=O) groups excluding carboxylic acids is 1. The normalized spacial score (nSPS) is 10.9. The second-order valence-electron chi connectivity index (χ2n) is 4.97. The zero-order chi connectivity index (χ0) is 17.0. The van der Waals surface area contributed by atoms with Gasteiger partial charge < -0.3 is 10.1 Å². The van der Waals surface area contributed by atoms with E-state index in [1.807, 2.05) is 13.8 Å². The molecule has 1 aromatic carbocycles. The van der Waals surface area contributed by atoms with Crippen LogP contribution in [0.25, 0.3) is 0 Å². The van der Waals surface area contributed by atoms with Gasteiger partial charge in [-0.1, -0.05) is 19.9 Å². The lowest BCUT2D eigenvalue weighted by Crippen LogP contribution is -2.16. The Kier molecular flexibility index (Phi) is 5.31. The number of carbonyl (C=O) groups is 1. The monoisotopic (exact) mass is 323 g/mol. The molecule has 1 heterocycles. The Bertz CT molecular complexity index is 699. The van der Waals surface area contributed by atoms with Gasteiger partial charge in [0.25, 0.3) is 5.91 Å². The molecule has 0 spiro atoms. The highest BCUT2D eigenvalue weighted by molar-refractivity contribution is 6.04. The van der Waals surface area contributed by atoms with Gasteiger partial charge in [-0.2, -0.15) is 13.9 Å². The fourth-order valence-electron chi connectivity index (χ4n) is 2.43. The lowest BCUT2D eigenvalue weighted by atomic mass is 10.1. The Labute approximate surface area is 133 Å². The molecular formula is C16H19F2N3O2. The van der Waals surface area contributed by atoms with Gasteiger partial charge in [0.15, 0.2) is 0 Å². The van der Waals surface area contributed by atoms with Gasteiger partial charge in [-0.3, -0.25) is 9.48 Å². The van der Waals surface area contributed by atoms with Crippen molar-refractivity contribution in [2.45, 2.75) is 33.3 Å². The quantitative estimate of drug-likeness (QED) is 0.886. The summed E-state index contributed by atoms with van der Waals surface area (Å²) in [6.45, 7) is 1.06. The Morgan fingerprint density at radius 2 is 2.09 bits per heavy atom. The minimum Gasteiger partial charge on any atom is -0.435 e. The van der Waals surface area contributed by atoms with E-state index in [2.05, 4.69) is 15.2 Å². The highest BCUT2D eigenvalue weighted by Crippen LogP contribution is 2.22. The fourth-order valence-corrected chi connectivity index (χ4v) is 2.43. The van der Waals surface area contributed by atoms with Crippen molar-refractivity contribution in [1.82, 2.24) is 9.78 Å². The summed E-state index contributed by atoms with van der Waals surface area (Å²) in [5.41, 5.74) is 2.15. The molecule has 5 nitrogen and oxygen atoms in total. The van der Waals surface area contributed by atoms with Crippen LogP contribution in [0.2, 0.25) is 0 Å². The second kappa shape index (κ2) is 7.21. The topological polar surface area (TPSA) is 56.2 Å². The summed E-state index contributed by atoms with van der Waals surface area (Å²) < 4.78 is 30.5. The number of nitrogens with zero attached hydrogens (tertiary/aromatic N) is 2. The number of benzene rings is 1. The molecule has 1 N–H and O–H groups in total. The van der Waals surface area contributed by atoms with Gasteiger partial charge in [-0.25, -0.2) is 0 Å². The first-order chi connectivity index (χ1) is 11.0. The molecule has 0 saturated heterocycles. The van der Waals surface area contributed by atoms with Crippen molar-refractivity contribution in [2.24, 2.45) is 7.05 Å². The second-order valence-corrected chi connectivity index (χ2v) is 4.97. The first-order valence-electron chi connectivity index (χ1n) is 7.37. The summed E-state index contributed by atoms with van der Waals surface area (Å²) in [5, 5.41) is 7.18. The molecule has 2 rings (SSSR count). The van der Waals surface area contributed by atoms with Gasteiger partial charge in [0, 0.05) is 18.2 Å². The third-order valence-electron chi connectivity index (χ3n) is 3.47. The molecule has 0 saturated carbocycles. The van der Waals surface area contributed by atoms with Crippen LogP contribution < -0.4 is 10.1 Å². The molecule has 7 heteroatoms. The molecule has 0 aliphatic heterocycles. The minimum atomic E-state index is -2.93. The molecular weight excluding hydrogens is 304 g/mol. The van der Waals surface area contributed by atoms with E-state index < -0.39 is 12.5 Å². The van der Waals surface area contributed by atoms with Gasteiger partial charge in [0.1, 0.15) is 11.6 Å². The van der Waals surface area contributed by atoms with Crippen LogP contribution in [0.5, 0.6) is 5.75 Å². The molecule has 124 valence electrons. The summed E-state index contributed by atoms with van der Waals surface area (Å²) in [7, 11) is 1.75. The number of aromatic nitrogens is 2. The zero-order valence-electron chi connectivity index (χ0n) is 13.3. The summed E-state index contributed by atoms with van der Waals surface area (Å²) in [6, 6.07) is 5.69. The van der Waals surface area contributed by atoms with Crippen molar-refractivity contribution in [3.63, 3.8) is 0 Å². The Balaban J connectivity index is 2.24. The van der Waals surface area contributed by atoms with Crippen LogP contribution in [0.1, 0.15) is 35.5 Å². The van der Waals surface area contributed by atoms with E-state index in [4.69, 9.17) is 0 Å². The van der Waals surface area contributed by atoms with Crippen molar-refractivity contribution in [2.75, 3.05) is 5.32 Å². The predicted octanol–water partition coefficient (Wildman–Crippen LogP) is 3.40. The maximum Gasteiger partial charge on any atom is 0.387 e. The van der Waals surface area contributed by atoms with Crippen molar-refractivity contribution < 1.29 is 18.3 Å². The van der Waals surface area contributed by atoms with Crippen LogP contribution in [-0.2, 0) is 19.9 Å². The van der Waals surface area contributed by atoms with E-state index in [0.717, 1.165) is 24.1 Å². The minimum absolute atomic E-state index is 0.0531. The van der Waals surface area contributed by atoms with Crippen LogP contribution >= 0.6 is 0 Å². The molecule has 1 aromatic heterocycles. The average Bonchev–Trinajstić information content (AvgIpc) is 2.82. The largest absolute Gasteiger partial charge is 0.435 e. The number of nitrogens with one attached hydrogen (secondary N) is 1. The van der Waals surface area contributed by atoms with Crippen LogP contribution in [0.3, 0.4) is 0 Å². The van der Waals surface area contributed by atoms with Gasteiger partial charge >= 0.3 is 6.61 Å². The maximum atomic E-state index is 12.4. The summed E-state index contributed by atoms with van der Waals surface area (Å²) in [5.74, 6) is 0.169. The molecule has 23 heavy (non-hydrogen) atoms. The van der Waals surface area contributed by atoms with E-state index in [-0.39, 0.29) is 11.3 Å². The number of amides is 1. The van der Waals surface area contributed by atoms with E-state index in [9.17, 15) is 13.6 Å². The molecule has 1 amide bonds. The third-order valence-corrected chi connectivity index (χ3v) is 3.47. The number of hydrogen-bond donors (Lipinski definition) is 1. The smallest absolute Gasteiger partial charge is 0.387 e. The van der Waals surface area contributed by atoms with Gasteiger partial charge in [0.2, 0.25) is 0 Å². The standard InChI is InChI=1S/C16H19F2N3O2/c1-4-12-13(5-2)20-21(3)14(12)19-15(22)10-7-6-8-11(9-10)23-16(17)18/h6-9,16H,4-5H2,1-3H3,(H,19,22). The lowest BCUT2D eigenvalue weighted by molar-refractivity contribution is -0.0498. The number of aryl methyl sites for hydroxylation is 2. The molecule has 0 fully saturated rings. The number of hydrogen-bond acceptors (Lipinski definition) is 3. The Morgan fingerprint density at radius 1 is 1.35 bits per heavy atom. The highest BCUT2D eigenvalue weighted by atomic mass is 19.3. The first-order valence-corrected chi connectivity index (χ1v) is 7.37. The van der Waals surface area contributed by atoms with Crippen LogP contribution in [0.4, 0.5) is 14.6 Å². The predicted molar refractivity (Wildman–Crippen MR) is 83.0 cm³/mol. The number of rotatable bonds is 6. The number of alkyl halides is 2. The highest BCUT2D eigenvalue weighted by Gasteiger charge is 2.17. The summed E-state index contributed by atoms with van der Waals surface area (Å²) >= 11 is 0. The zero-order valence-corrected chi connectivity index (χ0v) is 13.3. The molecule has 0 aliphatic carbocycles.